The molecule has 5 nitrogen and oxygen atoms in total. The van der Waals surface area contributed by atoms with Gasteiger partial charge in [-0.2, -0.15) is 0 Å². The number of nitrogen functional groups attached to an aromatic ring is 1. The minimum absolute atomic E-state index is 0.373. The second kappa shape index (κ2) is 7.03. The van der Waals surface area contributed by atoms with E-state index in [2.05, 4.69) is 5.32 Å². The molecule has 112 valence electrons. The Morgan fingerprint density at radius 3 is 2.65 bits per heavy atom. The van der Waals surface area contributed by atoms with E-state index in [1.54, 1.807) is 6.07 Å². The zero-order valence-corrected chi connectivity index (χ0v) is 12.7. The third kappa shape index (κ3) is 5.82. The van der Waals surface area contributed by atoms with E-state index in [0.29, 0.717) is 24.6 Å². The highest BCUT2D eigenvalue weighted by Gasteiger charge is 2.15. The molecule has 20 heavy (non-hydrogen) atoms. The molecule has 0 radical (unpaired) electrons. The maximum absolute atomic E-state index is 11.6. The van der Waals surface area contributed by atoms with Crippen molar-refractivity contribution in [2.75, 3.05) is 12.3 Å². The van der Waals surface area contributed by atoms with Gasteiger partial charge >= 0.3 is 6.09 Å². The topological polar surface area (TPSA) is 73.6 Å². The van der Waals surface area contributed by atoms with Gasteiger partial charge in [-0.1, -0.05) is 13.0 Å². The number of hydrogen-bond acceptors (Lipinski definition) is 4. The van der Waals surface area contributed by atoms with E-state index in [1.165, 1.54) is 0 Å². The van der Waals surface area contributed by atoms with Crippen LogP contribution in [-0.4, -0.2) is 18.3 Å². The van der Waals surface area contributed by atoms with E-state index in [-0.39, 0.29) is 0 Å². The first-order valence-electron chi connectivity index (χ1n) is 6.80. The number of rotatable bonds is 5. The number of benzene rings is 1. The molecule has 0 saturated carbocycles. The zero-order chi connectivity index (χ0) is 15.2. The lowest BCUT2D eigenvalue weighted by Gasteiger charge is -2.19. The van der Waals surface area contributed by atoms with Crippen molar-refractivity contribution in [1.82, 2.24) is 5.32 Å². The molecule has 1 aromatic carbocycles. The molecule has 0 atom stereocenters. The van der Waals surface area contributed by atoms with Crippen molar-refractivity contribution in [1.29, 1.82) is 0 Å². The molecule has 1 aromatic rings. The molecule has 1 amide bonds. The SMILES string of the molecule is CCCOc1cc(CNC(=O)OC(C)(C)C)ccc1N. The molecular formula is C15H24N2O3. The minimum atomic E-state index is -0.499. The normalized spacial score (nSPS) is 11.0. The third-order valence-corrected chi connectivity index (χ3v) is 2.38. The van der Waals surface area contributed by atoms with E-state index in [4.69, 9.17) is 15.2 Å². The summed E-state index contributed by atoms with van der Waals surface area (Å²) >= 11 is 0. The molecule has 5 heteroatoms. The van der Waals surface area contributed by atoms with Gasteiger partial charge in [0.25, 0.3) is 0 Å². The van der Waals surface area contributed by atoms with Crippen molar-refractivity contribution >= 4 is 11.8 Å². The largest absolute Gasteiger partial charge is 0.491 e. The van der Waals surface area contributed by atoms with Crippen molar-refractivity contribution in [2.45, 2.75) is 46.3 Å². The quantitative estimate of drug-likeness (QED) is 0.813. The molecule has 0 aliphatic heterocycles. The van der Waals surface area contributed by atoms with Gasteiger partial charge < -0.3 is 20.5 Å². The smallest absolute Gasteiger partial charge is 0.407 e. The van der Waals surface area contributed by atoms with Crippen molar-refractivity contribution in [3.05, 3.63) is 23.8 Å². The van der Waals surface area contributed by atoms with Gasteiger partial charge in [-0.3, -0.25) is 0 Å². The predicted molar refractivity (Wildman–Crippen MR) is 79.7 cm³/mol. The fourth-order valence-corrected chi connectivity index (χ4v) is 1.51. The molecule has 0 aliphatic carbocycles. The molecule has 0 heterocycles. The highest BCUT2D eigenvalue weighted by atomic mass is 16.6. The van der Waals surface area contributed by atoms with Gasteiger partial charge in [0, 0.05) is 6.54 Å². The average molecular weight is 280 g/mol. The first-order valence-corrected chi connectivity index (χ1v) is 6.80. The van der Waals surface area contributed by atoms with Crippen LogP contribution in [0.15, 0.2) is 18.2 Å². The Labute approximate surface area is 120 Å². The second-order valence-corrected chi connectivity index (χ2v) is 5.58. The van der Waals surface area contributed by atoms with Crippen molar-refractivity contribution in [3.63, 3.8) is 0 Å². The van der Waals surface area contributed by atoms with E-state index in [0.717, 1.165) is 12.0 Å². The lowest BCUT2D eigenvalue weighted by atomic mass is 10.2. The Morgan fingerprint density at radius 2 is 2.05 bits per heavy atom. The summed E-state index contributed by atoms with van der Waals surface area (Å²) in [5.41, 5.74) is 6.84. The van der Waals surface area contributed by atoms with E-state index in [1.807, 2.05) is 39.8 Å². The Hall–Kier alpha value is -1.91. The van der Waals surface area contributed by atoms with Gasteiger partial charge in [0.05, 0.1) is 12.3 Å². The monoisotopic (exact) mass is 280 g/mol. The Kier molecular flexibility index (Phi) is 5.67. The van der Waals surface area contributed by atoms with E-state index >= 15 is 0 Å². The van der Waals surface area contributed by atoms with Crippen LogP contribution in [0.5, 0.6) is 5.75 Å². The van der Waals surface area contributed by atoms with Gasteiger partial charge in [0.15, 0.2) is 0 Å². The first-order chi connectivity index (χ1) is 9.31. The zero-order valence-electron chi connectivity index (χ0n) is 12.7. The standard InChI is InChI=1S/C15H24N2O3/c1-5-8-19-13-9-11(6-7-12(13)16)10-17-14(18)20-15(2,3)4/h6-7,9H,5,8,10,16H2,1-4H3,(H,17,18). The van der Waals surface area contributed by atoms with Crippen LogP contribution in [0, 0.1) is 0 Å². The summed E-state index contributed by atoms with van der Waals surface area (Å²) in [5.74, 6) is 0.648. The van der Waals surface area contributed by atoms with Gasteiger partial charge in [0.2, 0.25) is 0 Å². The average Bonchev–Trinajstić information content (AvgIpc) is 2.34. The van der Waals surface area contributed by atoms with Crippen LogP contribution < -0.4 is 15.8 Å². The number of nitrogens with two attached hydrogens (primary N) is 1. The number of ether oxygens (including phenoxy) is 2. The third-order valence-electron chi connectivity index (χ3n) is 2.38. The van der Waals surface area contributed by atoms with E-state index in [9.17, 15) is 4.79 Å². The lowest BCUT2D eigenvalue weighted by Crippen LogP contribution is -2.32. The van der Waals surface area contributed by atoms with Crippen LogP contribution in [0.2, 0.25) is 0 Å². The van der Waals surface area contributed by atoms with Crippen LogP contribution in [0.3, 0.4) is 0 Å². The molecule has 0 unspecified atom stereocenters. The van der Waals surface area contributed by atoms with Gasteiger partial charge in [-0.05, 0) is 44.9 Å². The molecule has 0 fully saturated rings. The van der Waals surface area contributed by atoms with E-state index < -0.39 is 11.7 Å². The number of alkyl carbamates (subject to hydrolysis) is 1. The maximum atomic E-state index is 11.6. The second-order valence-electron chi connectivity index (χ2n) is 5.58. The first kappa shape index (κ1) is 16.1. The van der Waals surface area contributed by atoms with Crippen LogP contribution >= 0.6 is 0 Å². The predicted octanol–water partition coefficient (Wildman–Crippen LogP) is 3.08. The summed E-state index contributed by atoms with van der Waals surface area (Å²) in [5, 5.41) is 2.70. The molecule has 0 bridgehead atoms. The molecule has 0 saturated heterocycles. The minimum Gasteiger partial charge on any atom is -0.491 e. The van der Waals surface area contributed by atoms with Crippen molar-refractivity contribution in [2.24, 2.45) is 0 Å². The Bertz CT molecular complexity index is 453. The molecule has 1 rings (SSSR count). The molecule has 0 aliphatic rings. The summed E-state index contributed by atoms with van der Waals surface area (Å²) in [6.07, 6.45) is 0.477. The number of nitrogens with one attached hydrogen (secondary N) is 1. The molecular weight excluding hydrogens is 256 g/mol. The summed E-state index contributed by atoms with van der Waals surface area (Å²) in [6, 6.07) is 5.46. The van der Waals surface area contributed by atoms with Gasteiger partial charge in [-0.15, -0.1) is 0 Å². The van der Waals surface area contributed by atoms with Crippen molar-refractivity contribution in [3.8, 4) is 5.75 Å². The number of amides is 1. The summed E-state index contributed by atoms with van der Waals surface area (Å²) < 4.78 is 10.7. The number of carbonyl (C=O) groups excluding carboxylic acids is 1. The van der Waals surface area contributed by atoms with Gasteiger partial charge in [-0.25, -0.2) is 4.79 Å². The summed E-state index contributed by atoms with van der Waals surface area (Å²) in [7, 11) is 0. The lowest BCUT2D eigenvalue weighted by molar-refractivity contribution is 0.0523. The highest BCUT2D eigenvalue weighted by molar-refractivity contribution is 5.67. The molecule has 3 N–H and O–H groups in total. The number of anilines is 1. The van der Waals surface area contributed by atoms with Crippen LogP contribution in [0.1, 0.15) is 39.7 Å². The number of hydrogen-bond donors (Lipinski definition) is 2. The highest BCUT2D eigenvalue weighted by Crippen LogP contribution is 2.23. The Morgan fingerprint density at radius 1 is 1.35 bits per heavy atom. The fourth-order valence-electron chi connectivity index (χ4n) is 1.51. The number of carbonyl (C=O) groups is 1. The molecule has 0 aromatic heterocycles. The summed E-state index contributed by atoms with van der Waals surface area (Å²) in [6.45, 7) is 8.50. The Balaban J connectivity index is 2.58. The van der Waals surface area contributed by atoms with Crippen LogP contribution in [-0.2, 0) is 11.3 Å². The molecule has 0 spiro atoms. The summed E-state index contributed by atoms with van der Waals surface area (Å²) in [4.78, 5) is 11.6. The fraction of sp³-hybridized carbons (Fsp3) is 0.533. The van der Waals surface area contributed by atoms with Crippen molar-refractivity contribution < 1.29 is 14.3 Å². The van der Waals surface area contributed by atoms with Gasteiger partial charge in [0.1, 0.15) is 11.4 Å². The van der Waals surface area contributed by atoms with Crippen LogP contribution in [0.4, 0.5) is 10.5 Å². The maximum Gasteiger partial charge on any atom is 0.407 e. The van der Waals surface area contributed by atoms with Crippen LogP contribution in [0.25, 0.3) is 0 Å².